The second-order valence-electron chi connectivity index (χ2n) is 9.08. The molecule has 0 spiro atoms. The van der Waals surface area contributed by atoms with Gasteiger partial charge in [0, 0.05) is 28.4 Å². The first-order valence-electron chi connectivity index (χ1n) is 13.2. The molecule has 0 saturated carbocycles. The van der Waals surface area contributed by atoms with Crippen molar-refractivity contribution in [2.24, 2.45) is 0 Å². The van der Waals surface area contributed by atoms with Crippen LogP contribution in [-0.2, 0) is 31.8 Å². The van der Waals surface area contributed by atoms with Crippen molar-refractivity contribution in [1.82, 2.24) is 9.97 Å². The van der Waals surface area contributed by atoms with E-state index < -0.39 is 0 Å². The third-order valence-corrected chi connectivity index (χ3v) is 19.3. The lowest BCUT2D eigenvalue weighted by molar-refractivity contribution is -0.0442. The van der Waals surface area contributed by atoms with Crippen molar-refractivity contribution in [3.63, 3.8) is 0 Å². The van der Waals surface area contributed by atoms with E-state index in [0.29, 0.717) is 0 Å². The maximum absolute atomic E-state index is 5.36. The summed E-state index contributed by atoms with van der Waals surface area (Å²) >= 11 is 3.56. The van der Waals surface area contributed by atoms with Gasteiger partial charge in [0.15, 0.2) is 8.68 Å². The summed E-state index contributed by atoms with van der Waals surface area (Å²) in [6.07, 6.45) is 4.42. The summed E-state index contributed by atoms with van der Waals surface area (Å²) < 4.78 is 26.2. The predicted octanol–water partition coefficient (Wildman–Crippen LogP) is 7.19. The quantitative estimate of drug-likeness (QED) is 0.0438. The number of hydrogen-bond donors (Lipinski definition) is 0. The summed E-state index contributed by atoms with van der Waals surface area (Å²) in [5, 5.41) is 0. The molecule has 0 fully saturated rings. The van der Waals surface area contributed by atoms with Crippen LogP contribution in [0.1, 0.15) is 24.0 Å². The molecule has 14 heteroatoms. The van der Waals surface area contributed by atoms with Gasteiger partial charge < -0.3 is 18.9 Å². The van der Waals surface area contributed by atoms with E-state index in [1.54, 1.807) is 92.4 Å². The fourth-order valence-corrected chi connectivity index (χ4v) is 15.8. The predicted molar refractivity (Wildman–Crippen MR) is 185 cm³/mol. The number of aromatic nitrogens is 2. The Morgan fingerprint density at radius 1 is 0.675 bits per heavy atom. The van der Waals surface area contributed by atoms with E-state index in [1.165, 1.54) is 32.6 Å². The van der Waals surface area contributed by atoms with Crippen LogP contribution < -0.4 is 0 Å². The summed E-state index contributed by atoms with van der Waals surface area (Å²) in [7, 11) is 13.2. The number of rotatable bonds is 19. The topological polar surface area (TPSA) is 62.7 Å². The third-order valence-electron chi connectivity index (χ3n) is 6.53. The maximum Gasteiger partial charge on any atom is 0.162 e. The van der Waals surface area contributed by atoms with Crippen molar-refractivity contribution >= 4 is 103 Å². The number of fused-ring (bicyclic) bond motifs is 2. The lowest BCUT2D eigenvalue weighted by Crippen LogP contribution is -2.21. The summed E-state index contributed by atoms with van der Waals surface area (Å²) in [5.74, 6) is 0.0511. The largest absolute Gasteiger partial charge is 0.360 e. The normalized spacial score (nSPS) is 12.7. The zero-order valence-electron chi connectivity index (χ0n) is 23.3. The Morgan fingerprint density at radius 2 is 1.10 bits per heavy atom. The molecule has 4 rings (SSSR count). The maximum atomic E-state index is 5.36. The van der Waals surface area contributed by atoms with Crippen molar-refractivity contribution in [2.75, 3.05) is 28.4 Å². The number of ether oxygens (including phenoxy) is 4. The van der Waals surface area contributed by atoms with Crippen molar-refractivity contribution in [3.05, 3.63) is 47.5 Å². The molecule has 2 aromatic carbocycles. The van der Waals surface area contributed by atoms with Crippen LogP contribution in [0.15, 0.2) is 45.1 Å². The van der Waals surface area contributed by atoms with E-state index in [2.05, 4.69) is 36.4 Å². The Labute approximate surface area is 264 Å². The number of para-hydroxylation sites is 2. The molecule has 4 aromatic rings. The molecule has 0 aliphatic heterocycles. The number of thiazole rings is 2. The molecule has 0 aliphatic carbocycles. The average molecular weight is 689 g/mol. The van der Waals surface area contributed by atoms with Crippen molar-refractivity contribution in [2.45, 2.75) is 58.3 Å². The molecule has 2 heterocycles. The molecule has 218 valence electrons. The fourth-order valence-electron chi connectivity index (χ4n) is 4.45. The fraction of sp³-hybridized carbons (Fsp3) is 0.462. The summed E-state index contributed by atoms with van der Waals surface area (Å²) in [4.78, 5) is 9.96. The highest BCUT2D eigenvalue weighted by Crippen LogP contribution is 2.51. The van der Waals surface area contributed by atoms with E-state index in [-0.39, 0.29) is 30.9 Å². The van der Waals surface area contributed by atoms with Crippen molar-refractivity contribution in [1.29, 1.82) is 0 Å². The molecule has 0 unspecified atom stereocenters. The Bertz CT molecular complexity index is 1220. The number of hydrogen-bond acceptors (Lipinski definition) is 12. The molecule has 6 nitrogen and oxygen atoms in total. The van der Waals surface area contributed by atoms with Crippen LogP contribution in [0.4, 0.5) is 0 Å². The van der Waals surface area contributed by atoms with Gasteiger partial charge in [0.2, 0.25) is 0 Å². The number of aryl methyl sites for hydroxylation is 2. The van der Waals surface area contributed by atoms with Gasteiger partial charge >= 0.3 is 0 Å². The Morgan fingerprint density at radius 3 is 1.50 bits per heavy atom. The zero-order valence-corrected chi connectivity index (χ0v) is 31.0. The van der Waals surface area contributed by atoms with Crippen LogP contribution in [0.2, 0.25) is 12.1 Å². The van der Waals surface area contributed by atoms with Gasteiger partial charge in [-0.1, -0.05) is 49.2 Å². The first-order valence-corrected chi connectivity index (χ1v) is 23.3. The minimum absolute atomic E-state index is 0.0255. The van der Waals surface area contributed by atoms with E-state index in [9.17, 15) is 0 Å². The molecular weight excluding hydrogens is 653 g/mol. The van der Waals surface area contributed by atoms with Gasteiger partial charge in [-0.05, 0) is 77.3 Å². The summed E-state index contributed by atoms with van der Waals surface area (Å²) in [5.41, 5.74) is 5.01. The van der Waals surface area contributed by atoms with Crippen LogP contribution >= 0.6 is 63.9 Å². The summed E-state index contributed by atoms with van der Waals surface area (Å²) in [6.45, 7) is 0. The van der Waals surface area contributed by atoms with E-state index in [0.717, 1.165) is 45.4 Å². The second-order valence-corrected chi connectivity index (χ2v) is 21.2. The van der Waals surface area contributed by atoms with Crippen LogP contribution in [0, 0.1) is 0 Å². The highest BCUT2D eigenvalue weighted by molar-refractivity contribution is 9.26. The Kier molecular flexibility index (Phi) is 14.7. The van der Waals surface area contributed by atoms with Crippen molar-refractivity contribution in [3.8, 4) is 0 Å². The zero-order chi connectivity index (χ0) is 28.2. The third kappa shape index (κ3) is 9.71. The number of methoxy groups -OCH3 is 4. The Hall–Kier alpha value is -0.106. The molecule has 2 aromatic heterocycles. The molecule has 0 radical (unpaired) electrons. The van der Waals surface area contributed by atoms with Crippen LogP contribution in [0.25, 0.3) is 20.4 Å². The highest BCUT2D eigenvalue weighted by atomic mass is 33.7. The van der Waals surface area contributed by atoms with Crippen molar-refractivity contribution < 1.29 is 18.9 Å². The monoisotopic (exact) mass is 688 g/mol. The van der Waals surface area contributed by atoms with Gasteiger partial charge in [0.25, 0.3) is 0 Å². The van der Waals surface area contributed by atoms with E-state index in [1.807, 2.05) is 0 Å². The van der Waals surface area contributed by atoms with Gasteiger partial charge in [-0.15, -0.1) is 22.7 Å². The lowest BCUT2D eigenvalue weighted by Gasteiger charge is -2.12. The number of benzene rings is 2. The first kappa shape index (κ1) is 32.8. The van der Waals surface area contributed by atoms with Gasteiger partial charge in [-0.25, -0.2) is 9.97 Å². The van der Waals surface area contributed by atoms with Gasteiger partial charge in [-0.2, -0.15) is 0 Å². The van der Waals surface area contributed by atoms with Crippen LogP contribution in [0.5, 0.6) is 0 Å². The molecule has 0 saturated heterocycles. The molecule has 0 amide bonds. The molecule has 40 heavy (non-hydrogen) atoms. The lowest BCUT2D eigenvalue weighted by atomic mass is 10.1. The minimum Gasteiger partial charge on any atom is -0.360 e. The molecule has 0 bridgehead atoms. The summed E-state index contributed by atoms with van der Waals surface area (Å²) in [6, 6.07) is 15.5. The van der Waals surface area contributed by atoms with Crippen LogP contribution in [0.3, 0.4) is 0 Å². The molecular formula is C26H36N2O4S6Si2. The molecule has 0 aliphatic rings. The van der Waals surface area contributed by atoms with Gasteiger partial charge in [0.1, 0.15) is 11.8 Å². The smallest absolute Gasteiger partial charge is 0.162 e. The highest BCUT2D eigenvalue weighted by Gasteiger charge is 2.13. The van der Waals surface area contributed by atoms with Crippen LogP contribution in [-0.4, -0.2) is 69.3 Å². The SMILES string of the molecule is COC(OC)[SiH2]CCCc1cccc2sc(SSSSc3nc4c(CCC[SiH2]C(OC)OC)cccc4s3)nc12. The molecule has 0 N–H and O–H groups in total. The minimum atomic E-state index is -0.380. The standard InChI is InChI=1S/C26H36N2O4S6Si2/c1-29-25(30-2)39-15-7-11-17-9-5-13-19-21(17)27-23(33-19)35-37-38-36-24-28-22-18(10-6-14-20(22)34-24)12-8-16-40-26(31-3)32-4/h5-6,9-10,13-14,25-26H,7-8,11-12,15-16,39-40H2,1-4H3. The molecule has 0 atom stereocenters. The second kappa shape index (κ2) is 17.9. The number of nitrogens with zero attached hydrogens (tertiary/aromatic N) is 2. The van der Waals surface area contributed by atoms with E-state index >= 15 is 0 Å². The van der Waals surface area contributed by atoms with Gasteiger partial charge in [-0.3, -0.25) is 0 Å². The van der Waals surface area contributed by atoms with Gasteiger partial charge in [0.05, 0.1) is 39.5 Å². The average Bonchev–Trinajstić information content (AvgIpc) is 3.60. The first-order chi connectivity index (χ1) is 19.6. The Balaban J connectivity index is 1.25. The van der Waals surface area contributed by atoms with E-state index in [4.69, 9.17) is 28.9 Å².